The molecule has 1 fully saturated rings. The molecule has 2 heterocycles. The number of benzene rings is 1. The van der Waals surface area contributed by atoms with Gasteiger partial charge in [0.1, 0.15) is 12.2 Å². The largest absolute Gasteiger partial charge is 0.368 e. The van der Waals surface area contributed by atoms with E-state index in [4.69, 9.17) is 5.73 Å². The Morgan fingerprint density at radius 2 is 2.29 bits per heavy atom. The zero-order valence-electron chi connectivity index (χ0n) is 11.3. The Labute approximate surface area is 120 Å². The third kappa shape index (κ3) is 2.58. The van der Waals surface area contributed by atoms with Gasteiger partial charge >= 0.3 is 0 Å². The summed E-state index contributed by atoms with van der Waals surface area (Å²) in [6, 6.07) is 4.64. The summed E-state index contributed by atoms with van der Waals surface area (Å²) >= 11 is 0. The molecule has 1 aromatic carbocycles. The van der Waals surface area contributed by atoms with Crippen LogP contribution in [0.5, 0.6) is 0 Å². The molecule has 2 atom stereocenters. The zero-order chi connectivity index (χ0) is 15.0. The highest BCUT2D eigenvalue weighted by Gasteiger charge is 2.38. The van der Waals surface area contributed by atoms with E-state index in [2.05, 4.69) is 10.2 Å². The van der Waals surface area contributed by atoms with E-state index >= 15 is 0 Å². The lowest BCUT2D eigenvalue weighted by Gasteiger charge is -2.21. The van der Waals surface area contributed by atoms with Crippen LogP contribution >= 0.6 is 0 Å². The van der Waals surface area contributed by atoms with Gasteiger partial charge < -0.3 is 10.6 Å². The number of aromatic nitrogens is 2. The molecule has 0 unspecified atom stereocenters. The number of hydrogen-bond donors (Lipinski definition) is 2. The standard InChI is InChI=1S/C14H15FN4O2/c15-10-5-12(14(16)21)19(7-10)13(20)4-8-1-2-11-9(3-8)6-17-18-11/h1-3,6,10,12H,4-5,7H2,(H2,16,21)(H,17,18)/t10-,12+/m1/s1. The Morgan fingerprint density at radius 1 is 1.48 bits per heavy atom. The van der Waals surface area contributed by atoms with Crippen molar-refractivity contribution in [3.05, 3.63) is 30.0 Å². The first-order valence-electron chi connectivity index (χ1n) is 6.69. The number of fused-ring (bicyclic) bond motifs is 1. The summed E-state index contributed by atoms with van der Waals surface area (Å²) in [6.45, 7) is -0.0691. The smallest absolute Gasteiger partial charge is 0.240 e. The van der Waals surface area contributed by atoms with E-state index in [0.29, 0.717) is 0 Å². The van der Waals surface area contributed by atoms with E-state index in [-0.39, 0.29) is 25.3 Å². The summed E-state index contributed by atoms with van der Waals surface area (Å²) in [5.74, 6) is -0.949. The van der Waals surface area contributed by atoms with Crippen molar-refractivity contribution >= 4 is 22.7 Å². The fourth-order valence-electron chi connectivity index (χ4n) is 2.71. The van der Waals surface area contributed by atoms with Crippen molar-refractivity contribution in [2.24, 2.45) is 5.73 Å². The van der Waals surface area contributed by atoms with Crippen LogP contribution in [0.1, 0.15) is 12.0 Å². The van der Waals surface area contributed by atoms with Crippen LogP contribution in [0.3, 0.4) is 0 Å². The van der Waals surface area contributed by atoms with Crippen LogP contribution in [0, 0.1) is 0 Å². The third-order valence-electron chi connectivity index (χ3n) is 3.76. The van der Waals surface area contributed by atoms with E-state index in [1.54, 1.807) is 12.3 Å². The Hall–Kier alpha value is -2.44. The molecule has 0 bridgehead atoms. The quantitative estimate of drug-likeness (QED) is 0.863. The minimum Gasteiger partial charge on any atom is -0.368 e. The molecule has 0 spiro atoms. The minimum atomic E-state index is -1.19. The topological polar surface area (TPSA) is 92.1 Å². The lowest BCUT2D eigenvalue weighted by molar-refractivity contribution is -0.136. The van der Waals surface area contributed by atoms with Crippen LogP contribution in [-0.4, -0.2) is 45.7 Å². The van der Waals surface area contributed by atoms with Crippen molar-refractivity contribution in [3.8, 4) is 0 Å². The number of halogens is 1. The van der Waals surface area contributed by atoms with Gasteiger partial charge in [-0.25, -0.2) is 4.39 Å². The maximum absolute atomic E-state index is 13.4. The van der Waals surface area contributed by atoms with Gasteiger partial charge in [-0.1, -0.05) is 6.07 Å². The summed E-state index contributed by atoms with van der Waals surface area (Å²) in [7, 11) is 0. The van der Waals surface area contributed by atoms with E-state index < -0.39 is 18.1 Å². The molecule has 0 aliphatic carbocycles. The molecule has 7 heteroatoms. The van der Waals surface area contributed by atoms with E-state index in [9.17, 15) is 14.0 Å². The van der Waals surface area contributed by atoms with Crippen molar-refractivity contribution in [1.82, 2.24) is 15.1 Å². The van der Waals surface area contributed by atoms with Crippen LogP contribution < -0.4 is 5.73 Å². The SMILES string of the molecule is NC(=O)[C@@H]1C[C@@H](F)CN1C(=O)Cc1ccc2[nH]ncc2c1. The maximum atomic E-state index is 13.4. The average molecular weight is 290 g/mol. The number of amides is 2. The molecule has 6 nitrogen and oxygen atoms in total. The van der Waals surface area contributed by atoms with Gasteiger partial charge in [0.15, 0.2) is 0 Å². The van der Waals surface area contributed by atoms with Gasteiger partial charge in [-0.05, 0) is 17.7 Å². The second kappa shape index (κ2) is 5.16. The highest BCUT2D eigenvalue weighted by molar-refractivity contribution is 5.89. The molecule has 1 aliphatic heterocycles. The van der Waals surface area contributed by atoms with Crippen molar-refractivity contribution < 1.29 is 14.0 Å². The van der Waals surface area contributed by atoms with Crippen LogP contribution in [0.15, 0.2) is 24.4 Å². The normalized spacial score (nSPS) is 21.9. The molecule has 3 rings (SSSR count). The molecule has 1 aromatic heterocycles. The van der Waals surface area contributed by atoms with Crippen LogP contribution in [-0.2, 0) is 16.0 Å². The summed E-state index contributed by atoms with van der Waals surface area (Å²) in [5.41, 5.74) is 6.90. The summed E-state index contributed by atoms with van der Waals surface area (Å²) < 4.78 is 13.4. The Morgan fingerprint density at radius 3 is 3.05 bits per heavy atom. The number of rotatable bonds is 3. The van der Waals surface area contributed by atoms with Gasteiger partial charge in [-0.2, -0.15) is 5.10 Å². The first-order valence-corrected chi connectivity index (χ1v) is 6.69. The molecule has 0 saturated carbocycles. The minimum absolute atomic E-state index is 0.0121. The molecular formula is C14H15FN4O2. The molecule has 1 saturated heterocycles. The molecule has 2 amide bonds. The highest BCUT2D eigenvalue weighted by atomic mass is 19.1. The van der Waals surface area contributed by atoms with Gasteiger partial charge in [0.2, 0.25) is 11.8 Å². The first-order chi connectivity index (χ1) is 10.0. The second-order valence-corrected chi connectivity index (χ2v) is 5.27. The van der Waals surface area contributed by atoms with Crippen LogP contribution in [0.2, 0.25) is 0 Å². The average Bonchev–Trinajstić information content (AvgIpc) is 3.04. The van der Waals surface area contributed by atoms with Crippen LogP contribution in [0.4, 0.5) is 4.39 Å². The van der Waals surface area contributed by atoms with Crippen LogP contribution in [0.25, 0.3) is 10.9 Å². The lowest BCUT2D eigenvalue weighted by Crippen LogP contribution is -2.44. The first kappa shape index (κ1) is 13.5. The predicted molar refractivity (Wildman–Crippen MR) is 74.0 cm³/mol. The summed E-state index contributed by atoms with van der Waals surface area (Å²) in [4.78, 5) is 24.8. The number of nitrogens with zero attached hydrogens (tertiary/aromatic N) is 2. The monoisotopic (exact) mass is 290 g/mol. The van der Waals surface area contributed by atoms with Crippen molar-refractivity contribution in [2.75, 3.05) is 6.54 Å². The number of H-pyrrole nitrogens is 1. The van der Waals surface area contributed by atoms with Crippen molar-refractivity contribution in [1.29, 1.82) is 0 Å². The molecule has 0 radical (unpaired) electrons. The number of carbonyl (C=O) groups is 2. The molecular weight excluding hydrogens is 275 g/mol. The number of likely N-dealkylation sites (tertiary alicyclic amines) is 1. The van der Waals surface area contributed by atoms with Gasteiger partial charge in [0, 0.05) is 11.8 Å². The number of hydrogen-bond acceptors (Lipinski definition) is 3. The predicted octanol–water partition coefficient (Wildman–Crippen LogP) is 0.530. The number of primary amides is 1. The van der Waals surface area contributed by atoms with E-state index in [1.807, 2.05) is 12.1 Å². The third-order valence-corrected chi connectivity index (χ3v) is 3.76. The zero-order valence-corrected chi connectivity index (χ0v) is 11.3. The second-order valence-electron chi connectivity index (χ2n) is 5.27. The van der Waals surface area contributed by atoms with Gasteiger partial charge in [0.05, 0.1) is 24.7 Å². The number of nitrogens with two attached hydrogens (primary N) is 1. The van der Waals surface area contributed by atoms with Gasteiger partial charge in [-0.15, -0.1) is 0 Å². The summed E-state index contributed by atoms with van der Waals surface area (Å²) in [6.07, 6.45) is 0.574. The molecule has 110 valence electrons. The Balaban J connectivity index is 1.77. The molecule has 1 aliphatic rings. The Bertz CT molecular complexity index is 699. The van der Waals surface area contributed by atoms with Gasteiger partial charge in [-0.3, -0.25) is 14.7 Å². The molecule has 21 heavy (non-hydrogen) atoms. The maximum Gasteiger partial charge on any atom is 0.240 e. The number of alkyl halides is 1. The number of aromatic amines is 1. The lowest BCUT2D eigenvalue weighted by atomic mass is 10.1. The number of nitrogens with one attached hydrogen (secondary N) is 1. The van der Waals surface area contributed by atoms with Crippen molar-refractivity contribution in [2.45, 2.75) is 25.1 Å². The fraction of sp³-hybridized carbons (Fsp3) is 0.357. The Kier molecular flexibility index (Phi) is 3.32. The van der Waals surface area contributed by atoms with Crippen molar-refractivity contribution in [3.63, 3.8) is 0 Å². The summed E-state index contributed by atoms with van der Waals surface area (Å²) in [5, 5.41) is 7.64. The van der Waals surface area contributed by atoms with Gasteiger partial charge in [0.25, 0.3) is 0 Å². The molecule has 3 N–H and O–H groups in total. The molecule has 2 aromatic rings. The fourth-order valence-corrected chi connectivity index (χ4v) is 2.71. The van der Waals surface area contributed by atoms with E-state index in [1.165, 1.54) is 4.90 Å². The highest BCUT2D eigenvalue weighted by Crippen LogP contribution is 2.22. The van der Waals surface area contributed by atoms with E-state index in [0.717, 1.165) is 16.5 Å². The number of carbonyl (C=O) groups excluding carboxylic acids is 2.